The van der Waals surface area contributed by atoms with E-state index in [0.717, 1.165) is 25.4 Å². The minimum atomic E-state index is 0.508. The van der Waals surface area contributed by atoms with E-state index in [4.69, 9.17) is 4.74 Å². The number of benzene rings is 1. The van der Waals surface area contributed by atoms with Crippen LogP contribution in [-0.2, 0) is 0 Å². The van der Waals surface area contributed by atoms with Crippen LogP contribution in [0.5, 0.6) is 5.75 Å². The van der Waals surface area contributed by atoms with E-state index in [2.05, 4.69) is 51.2 Å². The molecule has 1 rings (SSSR count). The molecule has 0 aromatic heterocycles. The van der Waals surface area contributed by atoms with Crippen molar-refractivity contribution in [2.45, 2.75) is 52.9 Å². The molecule has 2 heteroatoms. The summed E-state index contributed by atoms with van der Waals surface area (Å²) in [6, 6.07) is 6.49. The summed E-state index contributed by atoms with van der Waals surface area (Å²) in [5.41, 5.74) is 2.56. The van der Waals surface area contributed by atoms with E-state index in [1.54, 1.807) is 0 Å². The van der Waals surface area contributed by atoms with Gasteiger partial charge in [-0.25, -0.2) is 0 Å². The van der Waals surface area contributed by atoms with E-state index in [1.807, 2.05) is 0 Å². The highest BCUT2D eigenvalue weighted by Gasteiger charge is 2.07. The van der Waals surface area contributed by atoms with Gasteiger partial charge in [0.05, 0.1) is 0 Å². The molecule has 2 nitrogen and oxygen atoms in total. The van der Waals surface area contributed by atoms with Gasteiger partial charge in [0.25, 0.3) is 0 Å². The van der Waals surface area contributed by atoms with E-state index < -0.39 is 0 Å². The molecule has 1 aromatic rings. The zero-order valence-electron chi connectivity index (χ0n) is 13.0. The van der Waals surface area contributed by atoms with Crippen LogP contribution in [0.1, 0.15) is 57.1 Å². The Hall–Kier alpha value is -1.02. The second-order valence-corrected chi connectivity index (χ2v) is 5.50. The van der Waals surface area contributed by atoms with Crippen molar-refractivity contribution in [2.24, 2.45) is 0 Å². The van der Waals surface area contributed by atoms with Crippen molar-refractivity contribution in [2.75, 3.05) is 19.7 Å². The van der Waals surface area contributed by atoms with Crippen molar-refractivity contribution < 1.29 is 4.74 Å². The molecule has 0 amide bonds. The summed E-state index contributed by atoms with van der Waals surface area (Å²) in [4.78, 5) is 0. The fourth-order valence-corrected chi connectivity index (χ4v) is 2.10. The summed E-state index contributed by atoms with van der Waals surface area (Å²) in [5.74, 6) is 1.55. The highest BCUT2D eigenvalue weighted by atomic mass is 16.5. The molecule has 19 heavy (non-hydrogen) atoms. The van der Waals surface area contributed by atoms with Gasteiger partial charge in [-0.2, -0.15) is 0 Å². The van der Waals surface area contributed by atoms with Gasteiger partial charge in [-0.1, -0.05) is 45.7 Å². The van der Waals surface area contributed by atoms with Gasteiger partial charge in [0, 0.05) is 6.54 Å². The summed E-state index contributed by atoms with van der Waals surface area (Å²) in [6.45, 7) is 11.5. The Balaban J connectivity index is 2.34. The van der Waals surface area contributed by atoms with Crippen molar-refractivity contribution in [1.29, 1.82) is 0 Å². The Labute approximate surface area is 118 Å². The predicted octanol–water partition coefficient (Wildman–Crippen LogP) is 4.28. The van der Waals surface area contributed by atoms with Crippen molar-refractivity contribution in [1.82, 2.24) is 5.32 Å². The molecule has 0 aliphatic heterocycles. The molecule has 1 N–H and O–H groups in total. The number of aryl methyl sites for hydroxylation is 1. The van der Waals surface area contributed by atoms with Crippen LogP contribution in [0.4, 0.5) is 0 Å². The number of ether oxygens (including phenoxy) is 1. The van der Waals surface area contributed by atoms with Gasteiger partial charge in [-0.15, -0.1) is 0 Å². The summed E-state index contributed by atoms with van der Waals surface area (Å²) in [6.07, 6.45) is 3.85. The molecular formula is C17H29NO. The Morgan fingerprint density at radius 3 is 2.63 bits per heavy atom. The topological polar surface area (TPSA) is 21.3 Å². The predicted molar refractivity (Wildman–Crippen MR) is 83.2 cm³/mol. The summed E-state index contributed by atoms with van der Waals surface area (Å²) < 4.78 is 5.92. The third-order valence-electron chi connectivity index (χ3n) is 3.28. The minimum Gasteiger partial charge on any atom is -0.492 e. The molecule has 0 heterocycles. The van der Waals surface area contributed by atoms with Gasteiger partial charge in [-0.3, -0.25) is 0 Å². The molecule has 0 radical (unpaired) electrons. The minimum absolute atomic E-state index is 0.508. The summed E-state index contributed by atoms with van der Waals surface area (Å²) >= 11 is 0. The lowest BCUT2D eigenvalue weighted by Crippen LogP contribution is -2.22. The molecular weight excluding hydrogens is 234 g/mol. The molecule has 0 atom stereocenters. The van der Waals surface area contributed by atoms with E-state index in [0.29, 0.717) is 5.92 Å². The fraction of sp³-hybridized carbons (Fsp3) is 0.647. The maximum atomic E-state index is 5.92. The second-order valence-electron chi connectivity index (χ2n) is 5.50. The molecule has 0 aliphatic carbocycles. The first kappa shape index (κ1) is 16.0. The Bertz CT molecular complexity index is 360. The fourth-order valence-electron chi connectivity index (χ4n) is 2.10. The second kappa shape index (κ2) is 8.98. The molecule has 1 aromatic carbocycles. The Morgan fingerprint density at radius 2 is 1.95 bits per heavy atom. The maximum Gasteiger partial charge on any atom is 0.123 e. The standard InChI is InChI=1S/C17H29NO/c1-5-6-7-10-18-11-12-19-17-13-15(4)8-9-16(17)14(2)3/h8-9,13-14,18H,5-7,10-12H2,1-4H3. The van der Waals surface area contributed by atoms with Crippen LogP contribution in [0, 0.1) is 6.92 Å². The first-order chi connectivity index (χ1) is 9.15. The van der Waals surface area contributed by atoms with Gasteiger partial charge in [0.1, 0.15) is 12.4 Å². The summed E-state index contributed by atoms with van der Waals surface area (Å²) in [7, 11) is 0. The Kier molecular flexibility index (Phi) is 7.57. The van der Waals surface area contributed by atoms with Crippen LogP contribution in [-0.4, -0.2) is 19.7 Å². The average molecular weight is 263 g/mol. The van der Waals surface area contributed by atoms with E-state index >= 15 is 0 Å². The molecule has 0 saturated carbocycles. The molecule has 108 valence electrons. The van der Waals surface area contributed by atoms with Crippen LogP contribution in [0.15, 0.2) is 18.2 Å². The lowest BCUT2D eigenvalue weighted by Gasteiger charge is -2.15. The monoisotopic (exact) mass is 263 g/mol. The number of nitrogens with one attached hydrogen (secondary N) is 1. The zero-order chi connectivity index (χ0) is 14.1. The van der Waals surface area contributed by atoms with Crippen LogP contribution < -0.4 is 10.1 Å². The van der Waals surface area contributed by atoms with Crippen molar-refractivity contribution in [3.8, 4) is 5.75 Å². The van der Waals surface area contributed by atoms with Gasteiger partial charge >= 0.3 is 0 Å². The van der Waals surface area contributed by atoms with Crippen molar-refractivity contribution in [3.05, 3.63) is 29.3 Å². The smallest absolute Gasteiger partial charge is 0.123 e. The van der Waals surface area contributed by atoms with Gasteiger partial charge in [-0.05, 0) is 43.0 Å². The third kappa shape index (κ3) is 6.11. The largest absolute Gasteiger partial charge is 0.492 e. The molecule has 0 fully saturated rings. The quantitative estimate of drug-likeness (QED) is 0.672. The number of rotatable bonds is 9. The van der Waals surface area contributed by atoms with E-state index in [1.165, 1.54) is 30.4 Å². The average Bonchev–Trinajstić information content (AvgIpc) is 2.37. The molecule has 0 unspecified atom stereocenters. The number of hydrogen-bond acceptors (Lipinski definition) is 2. The zero-order valence-corrected chi connectivity index (χ0v) is 13.0. The SMILES string of the molecule is CCCCCNCCOc1cc(C)ccc1C(C)C. The first-order valence-corrected chi connectivity index (χ1v) is 7.59. The molecule has 0 bridgehead atoms. The third-order valence-corrected chi connectivity index (χ3v) is 3.28. The number of unbranched alkanes of at least 4 members (excludes halogenated alkanes) is 2. The summed E-state index contributed by atoms with van der Waals surface area (Å²) in [5, 5.41) is 3.43. The van der Waals surface area contributed by atoms with Crippen molar-refractivity contribution >= 4 is 0 Å². The van der Waals surface area contributed by atoms with Crippen LogP contribution in [0.2, 0.25) is 0 Å². The molecule has 0 spiro atoms. The highest BCUT2D eigenvalue weighted by Crippen LogP contribution is 2.27. The van der Waals surface area contributed by atoms with E-state index in [9.17, 15) is 0 Å². The Morgan fingerprint density at radius 1 is 1.16 bits per heavy atom. The lowest BCUT2D eigenvalue weighted by molar-refractivity contribution is 0.309. The maximum absolute atomic E-state index is 5.92. The van der Waals surface area contributed by atoms with Crippen molar-refractivity contribution in [3.63, 3.8) is 0 Å². The molecule has 0 aliphatic rings. The van der Waals surface area contributed by atoms with Gasteiger partial charge in [0.2, 0.25) is 0 Å². The van der Waals surface area contributed by atoms with Crippen LogP contribution in [0.3, 0.4) is 0 Å². The highest BCUT2D eigenvalue weighted by molar-refractivity contribution is 5.39. The van der Waals surface area contributed by atoms with Crippen LogP contribution in [0.25, 0.3) is 0 Å². The lowest BCUT2D eigenvalue weighted by atomic mass is 10.0. The van der Waals surface area contributed by atoms with E-state index in [-0.39, 0.29) is 0 Å². The molecule has 0 saturated heterocycles. The normalized spacial score (nSPS) is 11.0. The van der Waals surface area contributed by atoms with Crippen LogP contribution >= 0.6 is 0 Å². The van der Waals surface area contributed by atoms with Gasteiger partial charge in [0.15, 0.2) is 0 Å². The first-order valence-electron chi connectivity index (χ1n) is 7.59. The van der Waals surface area contributed by atoms with Gasteiger partial charge < -0.3 is 10.1 Å². The number of hydrogen-bond donors (Lipinski definition) is 1.